The van der Waals surface area contributed by atoms with E-state index in [1.165, 1.54) is 19.8 Å². The van der Waals surface area contributed by atoms with Crippen molar-refractivity contribution in [1.29, 1.82) is 0 Å². The molecule has 3 nitrogen and oxygen atoms in total. The quantitative estimate of drug-likeness (QED) is 0.813. The zero-order chi connectivity index (χ0) is 13.6. The van der Waals surface area contributed by atoms with Crippen LogP contribution in [0.2, 0.25) is 0 Å². The molecule has 0 aliphatic carbocycles. The normalized spacial score (nSPS) is 29.3. The van der Waals surface area contributed by atoms with Gasteiger partial charge in [0.1, 0.15) is 0 Å². The molecule has 1 fully saturated rings. The lowest BCUT2D eigenvalue weighted by Crippen LogP contribution is -2.34. The van der Waals surface area contributed by atoms with E-state index in [4.69, 9.17) is 9.47 Å². The molecule has 0 amide bonds. The number of rotatable bonds is 2. The number of para-hydroxylation sites is 1. The Morgan fingerprint density at radius 1 is 1.37 bits per heavy atom. The van der Waals surface area contributed by atoms with Gasteiger partial charge in [0.15, 0.2) is 11.5 Å². The minimum Gasteiger partial charge on any atom is -0.423 e. The van der Waals surface area contributed by atoms with Gasteiger partial charge in [-0.05, 0) is 30.9 Å². The first kappa shape index (κ1) is 12.6. The van der Waals surface area contributed by atoms with Crippen LogP contribution in [0.4, 0.5) is 10.1 Å². The van der Waals surface area contributed by atoms with Gasteiger partial charge in [-0.15, -0.1) is 0 Å². The smallest absolute Gasteiger partial charge is 0.404 e. The Balaban J connectivity index is 1.97. The first-order valence-corrected chi connectivity index (χ1v) is 6.94. The van der Waals surface area contributed by atoms with Crippen LogP contribution in [0, 0.1) is 5.92 Å². The topological polar surface area (TPSA) is 21.7 Å². The SMILES string of the molecule is CC(C)C1CCCN1c1cccc2c1OC(C)(F)O2. The molecule has 2 aliphatic rings. The minimum absolute atomic E-state index is 0.488. The van der Waals surface area contributed by atoms with E-state index in [1.54, 1.807) is 6.07 Å². The van der Waals surface area contributed by atoms with Crippen molar-refractivity contribution in [2.75, 3.05) is 11.4 Å². The Kier molecular flexibility index (Phi) is 2.84. The average Bonchev–Trinajstić information content (AvgIpc) is 2.89. The number of hydrogen-bond acceptors (Lipinski definition) is 3. The highest BCUT2D eigenvalue weighted by molar-refractivity contribution is 5.67. The van der Waals surface area contributed by atoms with E-state index >= 15 is 0 Å². The maximum Gasteiger partial charge on any atom is 0.404 e. The lowest BCUT2D eigenvalue weighted by Gasteiger charge is -2.30. The predicted molar refractivity (Wildman–Crippen MR) is 72.4 cm³/mol. The summed E-state index contributed by atoms with van der Waals surface area (Å²) in [5.74, 6) is 1.61. The summed E-state index contributed by atoms with van der Waals surface area (Å²) in [4.78, 5) is 2.33. The van der Waals surface area contributed by atoms with E-state index in [0.29, 0.717) is 23.5 Å². The zero-order valence-corrected chi connectivity index (χ0v) is 11.6. The van der Waals surface area contributed by atoms with Crippen LogP contribution in [-0.2, 0) is 0 Å². The van der Waals surface area contributed by atoms with Gasteiger partial charge in [0.25, 0.3) is 0 Å². The van der Waals surface area contributed by atoms with E-state index in [9.17, 15) is 4.39 Å². The third kappa shape index (κ3) is 2.13. The monoisotopic (exact) mass is 265 g/mol. The fourth-order valence-corrected chi connectivity index (χ4v) is 3.10. The molecule has 0 bridgehead atoms. The fourth-order valence-electron chi connectivity index (χ4n) is 3.10. The van der Waals surface area contributed by atoms with E-state index in [-0.39, 0.29) is 0 Å². The van der Waals surface area contributed by atoms with E-state index in [1.807, 2.05) is 12.1 Å². The van der Waals surface area contributed by atoms with Crippen molar-refractivity contribution in [1.82, 2.24) is 0 Å². The Hall–Kier alpha value is -1.45. The second-order valence-corrected chi connectivity index (χ2v) is 5.79. The van der Waals surface area contributed by atoms with Gasteiger partial charge in [-0.25, -0.2) is 0 Å². The highest BCUT2D eigenvalue weighted by atomic mass is 19.2. The maximum absolute atomic E-state index is 13.9. The molecule has 0 saturated carbocycles. The van der Waals surface area contributed by atoms with Gasteiger partial charge in [0, 0.05) is 19.5 Å². The highest BCUT2D eigenvalue weighted by Crippen LogP contribution is 2.48. The fraction of sp³-hybridized carbons (Fsp3) is 0.600. The highest BCUT2D eigenvalue weighted by Gasteiger charge is 2.40. The molecule has 0 N–H and O–H groups in total. The van der Waals surface area contributed by atoms with Gasteiger partial charge in [0.05, 0.1) is 5.69 Å². The summed E-state index contributed by atoms with van der Waals surface area (Å²) in [6.07, 6.45) is 2.34. The van der Waals surface area contributed by atoms with Crippen molar-refractivity contribution in [2.24, 2.45) is 5.92 Å². The molecular formula is C15H20FNO2. The van der Waals surface area contributed by atoms with Crippen LogP contribution >= 0.6 is 0 Å². The molecule has 1 aromatic rings. The van der Waals surface area contributed by atoms with Crippen LogP contribution in [0.3, 0.4) is 0 Å². The molecule has 2 atom stereocenters. The molecule has 2 aliphatic heterocycles. The summed E-state index contributed by atoms with van der Waals surface area (Å²) in [5.41, 5.74) is 0.954. The van der Waals surface area contributed by atoms with Gasteiger partial charge in [-0.3, -0.25) is 0 Å². The molecular weight excluding hydrogens is 245 g/mol. The molecule has 0 radical (unpaired) electrons. The van der Waals surface area contributed by atoms with Crippen LogP contribution < -0.4 is 14.4 Å². The summed E-state index contributed by atoms with van der Waals surface area (Å²) >= 11 is 0. The van der Waals surface area contributed by atoms with Crippen molar-refractivity contribution in [2.45, 2.75) is 45.7 Å². The average molecular weight is 265 g/mol. The number of benzene rings is 1. The largest absolute Gasteiger partial charge is 0.423 e. The van der Waals surface area contributed by atoms with Crippen LogP contribution in [0.5, 0.6) is 11.5 Å². The summed E-state index contributed by atoms with van der Waals surface area (Å²) in [7, 11) is 0. The number of hydrogen-bond donors (Lipinski definition) is 0. The van der Waals surface area contributed by atoms with Gasteiger partial charge in [-0.1, -0.05) is 19.9 Å². The Morgan fingerprint density at radius 2 is 2.16 bits per heavy atom. The third-order valence-corrected chi connectivity index (χ3v) is 3.91. The second-order valence-electron chi connectivity index (χ2n) is 5.79. The van der Waals surface area contributed by atoms with Crippen LogP contribution in [0.1, 0.15) is 33.6 Å². The van der Waals surface area contributed by atoms with Gasteiger partial charge in [-0.2, -0.15) is 4.39 Å². The number of anilines is 1. The van der Waals surface area contributed by atoms with Gasteiger partial charge >= 0.3 is 6.04 Å². The Labute approximate surface area is 113 Å². The number of alkyl halides is 1. The summed E-state index contributed by atoms with van der Waals surface area (Å²) in [5, 5.41) is 0. The van der Waals surface area contributed by atoms with Crippen molar-refractivity contribution >= 4 is 5.69 Å². The Morgan fingerprint density at radius 3 is 2.89 bits per heavy atom. The number of fused-ring (bicyclic) bond motifs is 1. The van der Waals surface area contributed by atoms with E-state index < -0.39 is 6.04 Å². The van der Waals surface area contributed by atoms with Crippen LogP contribution in [0.15, 0.2) is 18.2 Å². The van der Waals surface area contributed by atoms with E-state index in [0.717, 1.165) is 12.2 Å². The summed E-state index contributed by atoms with van der Waals surface area (Å²) < 4.78 is 24.4. The number of ether oxygens (including phenoxy) is 2. The minimum atomic E-state index is -2.05. The molecule has 19 heavy (non-hydrogen) atoms. The molecule has 3 rings (SSSR count). The number of nitrogens with zero attached hydrogens (tertiary/aromatic N) is 1. The molecule has 4 heteroatoms. The Bertz CT molecular complexity index is 487. The zero-order valence-electron chi connectivity index (χ0n) is 11.6. The lowest BCUT2D eigenvalue weighted by atomic mass is 10.0. The molecule has 0 spiro atoms. The molecule has 2 heterocycles. The standard InChI is InChI=1S/C15H20FNO2/c1-10(2)11-7-5-9-17(11)12-6-4-8-13-14(12)19-15(3,16)18-13/h4,6,8,10-11H,5,7,9H2,1-3H3. The summed E-state index contributed by atoms with van der Waals surface area (Å²) in [6, 6.07) is 4.08. The van der Waals surface area contributed by atoms with Crippen LogP contribution in [0.25, 0.3) is 0 Å². The van der Waals surface area contributed by atoms with E-state index in [2.05, 4.69) is 18.7 Å². The lowest BCUT2D eigenvalue weighted by molar-refractivity contribution is -0.173. The molecule has 2 unspecified atom stereocenters. The van der Waals surface area contributed by atoms with Crippen LogP contribution in [-0.4, -0.2) is 18.6 Å². The third-order valence-electron chi connectivity index (χ3n) is 3.91. The molecule has 0 aromatic heterocycles. The predicted octanol–water partition coefficient (Wildman–Crippen LogP) is 3.73. The number of halogens is 1. The van der Waals surface area contributed by atoms with Gasteiger partial charge in [0.2, 0.25) is 0 Å². The van der Waals surface area contributed by atoms with Gasteiger partial charge < -0.3 is 14.4 Å². The second kappa shape index (κ2) is 4.29. The molecule has 1 saturated heterocycles. The first-order chi connectivity index (χ1) is 8.98. The van der Waals surface area contributed by atoms with Crippen molar-refractivity contribution < 1.29 is 13.9 Å². The van der Waals surface area contributed by atoms with Crippen molar-refractivity contribution in [3.05, 3.63) is 18.2 Å². The molecule has 104 valence electrons. The maximum atomic E-state index is 13.9. The summed E-state index contributed by atoms with van der Waals surface area (Å²) in [6.45, 7) is 6.73. The first-order valence-electron chi connectivity index (χ1n) is 6.94. The van der Waals surface area contributed by atoms with Crippen molar-refractivity contribution in [3.63, 3.8) is 0 Å². The van der Waals surface area contributed by atoms with Crippen molar-refractivity contribution in [3.8, 4) is 11.5 Å². The molecule has 1 aromatic carbocycles.